The average Bonchev–Trinajstić information content (AvgIpc) is 2.86. The predicted molar refractivity (Wildman–Crippen MR) is 130 cm³/mol. The molecule has 3 fully saturated rings. The molecule has 1 unspecified atom stereocenters. The second-order valence-corrected chi connectivity index (χ2v) is 9.91. The molecule has 0 saturated heterocycles. The number of halogens is 4. The van der Waals surface area contributed by atoms with Crippen molar-refractivity contribution in [2.45, 2.75) is 42.9 Å². The summed E-state index contributed by atoms with van der Waals surface area (Å²) >= 11 is 11.3. The van der Waals surface area contributed by atoms with E-state index in [4.69, 9.17) is 37.4 Å². The molecule has 12 heteroatoms. The number of ether oxygens (including phenoxy) is 3. The van der Waals surface area contributed by atoms with Crippen LogP contribution < -0.4 is 20.1 Å². The first-order valence-electron chi connectivity index (χ1n) is 11.4. The Kier molecular flexibility index (Phi) is 7.91. The Morgan fingerprint density at radius 1 is 0.946 bits per heavy atom. The van der Waals surface area contributed by atoms with Gasteiger partial charge in [0.1, 0.15) is 28.7 Å². The molecule has 0 aliphatic heterocycles. The minimum Gasteiger partial charge on any atom is -0.484 e. The van der Waals surface area contributed by atoms with Gasteiger partial charge in [0.05, 0.1) is 21.7 Å². The molecular formula is C25H24Cl2F2N2O6. The number of fused-ring (bicyclic) bond motifs is 3. The molecule has 2 N–H and O–H groups in total. The molecular weight excluding hydrogens is 533 g/mol. The summed E-state index contributed by atoms with van der Waals surface area (Å²) < 4.78 is 43.5. The van der Waals surface area contributed by atoms with Crippen molar-refractivity contribution < 1.29 is 37.4 Å². The molecule has 2 amide bonds. The molecule has 3 atom stereocenters. The minimum absolute atomic E-state index is 0.0592. The first-order chi connectivity index (χ1) is 17.6. The Morgan fingerprint density at radius 2 is 1.49 bits per heavy atom. The molecule has 2 bridgehead atoms. The molecule has 3 aliphatic carbocycles. The largest absolute Gasteiger partial charge is 0.484 e. The van der Waals surface area contributed by atoms with Gasteiger partial charge in [0.25, 0.3) is 11.8 Å². The van der Waals surface area contributed by atoms with Gasteiger partial charge in [-0.2, -0.15) is 0 Å². The fraction of sp³-hybridized carbons (Fsp3) is 0.400. The fourth-order valence-electron chi connectivity index (χ4n) is 4.85. The van der Waals surface area contributed by atoms with E-state index >= 15 is 0 Å². The maximum Gasteiger partial charge on any atom is 0.258 e. The Morgan fingerprint density at radius 3 is 1.97 bits per heavy atom. The first-order valence-corrected chi connectivity index (χ1v) is 12.2. The fourth-order valence-corrected chi connectivity index (χ4v) is 5.08. The Balaban J connectivity index is 1.36. The molecule has 3 saturated carbocycles. The smallest absolute Gasteiger partial charge is 0.258 e. The second-order valence-electron chi connectivity index (χ2n) is 9.09. The van der Waals surface area contributed by atoms with E-state index in [1.165, 1.54) is 31.4 Å². The van der Waals surface area contributed by atoms with Crippen LogP contribution >= 0.6 is 23.2 Å². The molecule has 198 valence electrons. The Labute approximate surface area is 221 Å². The molecule has 2 aromatic rings. The van der Waals surface area contributed by atoms with Gasteiger partial charge in [-0.15, -0.1) is 0 Å². The van der Waals surface area contributed by atoms with E-state index in [0.29, 0.717) is 6.42 Å². The monoisotopic (exact) mass is 556 g/mol. The van der Waals surface area contributed by atoms with E-state index < -0.39 is 53.8 Å². The maximum absolute atomic E-state index is 13.6. The summed E-state index contributed by atoms with van der Waals surface area (Å²) in [5.41, 5.74) is -2.14. The number of ketones is 1. The van der Waals surface area contributed by atoms with Crippen LogP contribution in [0.5, 0.6) is 11.5 Å². The van der Waals surface area contributed by atoms with Crippen LogP contribution in [-0.2, 0) is 19.1 Å². The second kappa shape index (κ2) is 10.8. The van der Waals surface area contributed by atoms with Crippen molar-refractivity contribution in [3.8, 4) is 11.5 Å². The maximum atomic E-state index is 13.6. The van der Waals surface area contributed by atoms with Crippen LogP contribution in [0.3, 0.4) is 0 Å². The zero-order chi connectivity index (χ0) is 26.8. The van der Waals surface area contributed by atoms with Crippen LogP contribution in [0, 0.1) is 11.6 Å². The van der Waals surface area contributed by atoms with E-state index in [2.05, 4.69) is 10.6 Å². The molecule has 0 heterocycles. The number of hydrogen-bond acceptors (Lipinski definition) is 6. The topological polar surface area (TPSA) is 103 Å². The van der Waals surface area contributed by atoms with Crippen LogP contribution in [0.2, 0.25) is 10.0 Å². The third kappa shape index (κ3) is 5.81. The molecule has 3 aliphatic rings. The van der Waals surface area contributed by atoms with Crippen molar-refractivity contribution in [3.05, 3.63) is 58.1 Å². The highest BCUT2D eigenvalue weighted by Crippen LogP contribution is 2.46. The summed E-state index contributed by atoms with van der Waals surface area (Å²) in [6.07, 6.45) is 0.157. The van der Waals surface area contributed by atoms with Gasteiger partial charge in [-0.05, 0) is 37.1 Å². The van der Waals surface area contributed by atoms with Gasteiger partial charge >= 0.3 is 0 Å². The lowest BCUT2D eigenvalue weighted by Gasteiger charge is -2.55. The van der Waals surface area contributed by atoms with Gasteiger partial charge in [0.15, 0.2) is 19.0 Å². The van der Waals surface area contributed by atoms with Crippen molar-refractivity contribution in [1.82, 2.24) is 10.6 Å². The van der Waals surface area contributed by atoms with Gasteiger partial charge in [0.2, 0.25) is 0 Å². The number of rotatable bonds is 9. The third-order valence-electron chi connectivity index (χ3n) is 6.73. The Hall–Kier alpha value is -2.95. The predicted octanol–water partition coefficient (Wildman–Crippen LogP) is 3.61. The first kappa shape index (κ1) is 27.1. The van der Waals surface area contributed by atoms with Crippen LogP contribution in [0.25, 0.3) is 0 Å². The molecule has 2 aromatic carbocycles. The van der Waals surface area contributed by atoms with Crippen LogP contribution in [0.4, 0.5) is 8.78 Å². The number of methoxy groups -OCH3 is 1. The van der Waals surface area contributed by atoms with Crippen LogP contribution in [0.1, 0.15) is 25.7 Å². The van der Waals surface area contributed by atoms with Crippen molar-refractivity contribution in [2.24, 2.45) is 0 Å². The summed E-state index contributed by atoms with van der Waals surface area (Å²) in [7, 11) is 1.46. The van der Waals surface area contributed by atoms with E-state index in [1.54, 1.807) is 0 Å². The number of Topliss-reactive ketones (excluding diaryl/α,β-unsaturated/α-hetero) is 1. The standard InChI is InChI=1S/C25H24Cl2F2N2O6/c1-35-21-11-24(30-22(33)12-36-14-2-4-16(26)18(28)8-14)6-7-25(21,10-20(24)32)31-23(34)13-37-15-3-5-17(27)19(29)9-15/h2-5,8-9,21H,6-7,10-13H2,1H3,(H,30,33)(H,31,34)/t21-,24-,25?/m1/s1. The zero-order valence-electron chi connectivity index (χ0n) is 19.7. The highest BCUT2D eigenvalue weighted by atomic mass is 35.5. The normalized spacial score (nSPS) is 24.5. The highest BCUT2D eigenvalue weighted by molar-refractivity contribution is 6.31. The van der Waals surface area contributed by atoms with Crippen LogP contribution in [0.15, 0.2) is 36.4 Å². The van der Waals surface area contributed by atoms with Gasteiger partial charge in [0, 0.05) is 32.1 Å². The van der Waals surface area contributed by atoms with Crippen LogP contribution in [-0.4, -0.2) is 55.1 Å². The number of carbonyl (C=O) groups excluding carboxylic acids is 3. The van der Waals surface area contributed by atoms with E-state index in [9.17, 15) is 23.2 Å². The van der Waals surface area contributed by atoms with Gasteiger partial charge in [-0.25, -0.2) is 8.78 Å². The number of carbonyl (C=O) groups is 3. The van der Waals surface area contributed by atoms with Crippen molar-refractivity contribution in [1.29, 1.82) is 0 Å². The minimum atomic E-state index is -1.17. The van der Waals surface area contributed by atoms with E-state index in [0.717, 1.165) is 12.1 Å². The number of hydrogen-bond donors (Lipinski definition) is 2. The number of benzene rings is 2. The van der Waals surface area contributed by atoms with Gasteiger partial charge in [-0.3, -0.25) is 14.4 Å². The zero-order valence-corrected chi connectivity index (χ0v) is 21.3. The van der Waals surface area contributed by atoms with Crippen molar-refractivity contribution in [2.75, 3.05) is 20.3 Å². The Bertz CT molecular complexity index is 1230. The average molecular weight is 557 g/mol. The van der Waals surface area contributed by atoms with Crippen molar-refractivity contribution >= 4 is 40.8 Å². The summed E-state index contributed by atoms with van der Waals surface area (Å²) in [5, 5.41) is 5.48. The SMILES string of the molecule is CO[C@@H]1C[C@]2(NC(=O)COc3ccc(Cl)c(F)c3)CCC1(NC(=O)COc1ccc(Cl)c(F)c1)CC2=O. The molecule has 0 spiro atoms. The number of amides is 2. The summed E-state index contributed by atoms with van der Waals surface area (Å²) in [5.74, 6) is -2.42. The molecule has 37 heavy (non-hydrogen) atoms. The quantitative estimate of drug-likeness (QED) is 0.489. The molecule has 0 radical (unpaired) electrons. The lowest BCUT2D eigenvalue weighted by atomic mass is 9.59. The number of nitrogens with one attached hydrogen (secondary N) is 2. The van der Waals surface area contributed by atoms with E-state index in [1.807, 2.05) is 0 Å². The summed E-state index contributed by atoms with van der Waals surface area (Å²) in [6.45, 7) is -0.837. The third-order valence-corrected chi connectivity index (χ3v) is 7.34. The molecule has 5 rings (SSSR count). The highest BCUT2D eigenvalue weighted by Gasteiger charge is 2.60. The van der Waals surface area contributed by atoms with Crippen molar-refractivity contribution in [3.63, 3.8) is 0 Å². The lowest BCUT2D eigenvalue weighted by molar-refractivity contribution is -0.154. The van der Waals surface area contributed by atoms with Gasteiger partial charge < -0.3 is 24.8 Å². The lowest BCUT2D eigenvalue weighted by Crippen LogP contribution is -2.74. The molecule has 8 nitrogen and oxygen atoms in total. The van der Waals surface area contributed by atoms with Gasteiger partial charge in [-0.1, -0.05) is 23.2 Å². The summed E-state index contributed by atoms with van der Waals surface area (Å²) in [4.78, 5) is 38.4. The molecule has 0 aromatic heterocycles. The van der Waals surface area contributed by atoms with E-state index in [-0.39, 0.29) is 46.6 Å². The summed E-state index contributed by atoms with van der Waals surface area (Å²) in [6, 6.07) is 7.62.